The van der Waals surface area contributed by atoms with Gasteiger partial charge < -0.3 is 14.8 Å². The normalized spacial score (nSPS) is 19.7. The number of nitrogens with one attached hydrogen (secondary N) is 2. The Morgan fingerprint density at radius 3 is 2.68 bits per heavy atom. The van der Waals surface area contributed by atoms with Gasteiger partial charge in [-0.15, -0.1) is 0 Å². The number of hydrogen-bond acceptors (Lipinski definition) is 4. The van der Waals surface area contributed by atoms with Crippen molar-refractivity contribution in [2.75, 3.05) is 27.3 Å². The van der Waals surface area contributed by atoms with E-state index >= 15 is 0 Å². The van der Waals surface area contributed by atoms with E-state index in [1.54, 1.807) is 20.3 Å². The summed E-state index contributed by atoms with van der Waals surface area (Å²) in [6.45, 7) is -0.0706. The van der Waals surface area contributed by atoms with Crippen LogP contribution in [0.15, 0.2) is 18.2 Å². The van der Waals surface area contributed by atoms with Gasteiger partial charge in [-0.1, -0.05) is 6.07 Å². The molecule has 0 saturated carbocycles. The fourth-order valence-electron chi connectivity index (χ4n) is 2.39. The van der Waals surface area contributed by atoms with Crippen molar-refractivity contribution >= 4 is 5.91 Å². The standard InChI is InChI=1S/C15H20F2N2O3/c1-21-12-4-3-10(7-13(12)22-2)5-6-18-14(20)11-8-15(16,17)9-19-11/h3-4,7,11,19H,5-6,8-9H2,1-2H3,(H,18,20). The molecule has 2 N–H and O–H groups in total. The molecular formula is C15H20F2N2O3. The molecule has 1 aliphatic heterocycles. The van der Waals surface area contributed by atoms with Gasteiger partial charge in [0, 0.05) is 13.0 Å². The number of halogens is 2. The second-order valence-electron chi connectivity index (χ2n) is 5.22. The minimum Gasteiger partial charge on any atom is -0.493 e. The molecule has 0 aliphatic carbocycles. The summed E-state index contributed by atoms with van der Waals surface area (Å²) in [7, 11) is 3.11. The number of carbonyl (C=O) groups excluding carboxylic acids is 1. The van der Waals surface area contributed by atoms with E-state index in [1.165, 1.54) is 0 Å². The van der Waals surface area contributed by atoms with Crippen molar-refractivity contribution in [1.29, 1.82) is 0 Å². The quantitative estimate of drug-likeness (QED) is 0.832. The van der Waals surface area contributed by atoms with E-state index in [0.717, 1.165) is 5.56 Å². The van der Waals surface area contributed by atoms with E-state index in [0.29, 0.717) is 24.5 Å². The summed E-state index contributed by atoms with van der Waals surface area (Å²) >= 11 is 0. The predicted octanol–water partition coefficient (Wildman–Crippen LogP) is 1.36. The van der Waals surface area contributed by atoms with Crippen LogP contribution < -0.4 is 20.1 Å². The molecule has 122 valence electrons. The Labute approximate surface area is 128 Å². The summed E-state index contributed by atoms with van der Waals surface area (Å²) in [4.78, 5) is 11.8. The lowest BCUT2D eigenvalue weighted by molar-refractivity contribution is -0.123. The van der Waals surface area contributed by atoms with Crippen LogP contribution in [0.5, 0.6) is 11.5 Å². The highest BCUT2D eigenvalue weighted by atomic mass is 19.3. The molecule has 0 radical (unpaired) electrons. The molecule has 2 rings (SSSR count). The molecule has 0 spiro atoms. The van der Waals surface area contributed by atoms with Gasteiger partial charge in [0.1, 0.15) is 0 Å². The number of benzene rings is 1. The third-order valence-corrected chi connectivity index (χ3v) is 3.59. The molecule has 5 nitrogen and oxygen atoms in total. The third-order valence-electron chi connectivity index (χ3n) is 3.59. The SMILES string of the molecule is COc1ccc(CCNC(=O)C2CC(F)(F)CN2)cc1OC. The number of carbonyl (C=O) groups is 1. The highest BCUT2D eigenvalue weighted by Crippen LogP contribution is 2.27. The fraction of sp³-hybridized carbons (Fsp3) is 0.533. The summed E-state index contributed by atoms with van der Waals surface area (Å²) in [6, 6.07) is 4.66. The van der Waals surface area contributed by atoms with Crippen molar-refractivity contribution < 1.29 is 23.0 Å². The van der Waals surface area contributed by atoms with E-state index in [9.17, 15) is 13.6 Å². The van der Waals surface area contributed by atoms with Crippen molar-refractivity contribution in [3.05, 3.63) is 23.8 Å². The van der Waals surface area contributed by atoms with Gasteiger partial charge in [0.2, 0.25) is 5.91 Å². The number of alkyl halides is 2. The Morgan fingerprint density at radius 2 is 2.09 bits per heavy atom. The number of hydrogen-bond donors (Lipinski definition) is 2. The van der Waals surface area contributed by atoms with E-state index in [1.807, 2.05) is 12.1 Å². The summed E-state index contributed by atoms with van der Waals surface area (Å²) < 4.78 is 36.4. The zero-order chi connectivity index (χ0) is 16.2. The van der Waals surface area contributed by atoms with Crippen LogP contribution in [0, 0.1) is 0 Å². The lowest BCUT2D eigenvalue weighted by Gasteiger charge is -2.12. The van der Waals surface area contributed by atoms with Crippen LogP contribution in [0.3, 0.4) is 0 Å². The van der Waals surface area contributed by atoms with Gasteiger partial charge in [0.05, 0.1) is 26.8 Å². The third kappa shape index (κ3) is 4.07. The van der Waals surface area contributed by atoms with E-state index in [4.69, 9.17) is 9.47 Å². The fourth-order valence-corrected chi connectivity index (χ4v) is 2.39. The molecule has 1 saturated heterocycles. The zero-order valence-corrected chi connectivity index (χ0v) is 12.6. The maximum absolute atomic E-state index is 13.0. The largest absolute Gasteiger partial charge is 0.493 e. The Bertz CT molecular complexity index is 538. The second-order valence-corrected chi connectivity index (χ2v) is 5.22. The van der Waals surface area contributed by atoms with Crippen LogP contribution >= 0.6 is 0 Å². The van der Waals surface area contributed by atoms with Crippen LogP contribution in [0.2, 0.25) is 0 Å². The monoisotopic (exact) mass is 314 g/mol. The Kier molecular flexibility index (Phi) is 5.18. The molecule has 1 fully saturated rings. The van der Waals surface area contributed by atoms with Crippen molar-refractivity contribution in [2.45, 2.75) is 24.8 Å². The first-order valence-corrected chi connectivity index (χ1v) is 7.05. The smallest absolute Gasteiger partial charge is 0.262 e. The van der Waals surface area contributed by atoms with Crippen LogP contribution in [-0.2, 0) is 11.2 Å². The molecular weight excluding hydrogens is 294 g/mol. The predicted molar refractivity (Wildman–Crippen MR) is 77.6 cm³/mol. The van der Waals surface area contributed by atoms with Crippen molar-refractivity contribution in [3.8, 4) is 11.5 Å². The van der Waals surface area contributed by atoms with Crippen molar-refractivity contribution in [2.24, 2.45) is 0 Å². The Hall–Kier alpha value is -1.89. The summed E-state index contributed by atoms with van der Waals surface area (Å²) in [5, 5.41) is 5.20. The molecule has 1 aromatic carbocycles. The molecule has 1 amide bonds. The minimum atomic E-state index is -2.80. The molecule has 1 aromatic rings. The molecule has 22 heavy (non-hydrogen) atoms. The lowest BCUT2D eigenvalue weighted by atomic mass is 10.1. The highest BCUT2D eigenvalue weighted by molar-refractivity contribution is 5.82. The number of methoxy groups -OCH3 is 2. The molecule has 1 aliphatic rings. The Balaban J connectivity index is 1.82. The number of amides is 1. The molecule has 7 heteroatoms. The second kappa shape index (κ2) is 6.91. The number of ether oxygens (including phenoxy) is 2. The topological polar surface area (TPSA) is 59.6 Å². The van der Waals surface area contributed by atoms with Crippen LogP contribution in [0.1, 0.15) is 12.0 Å². The average Bonchev–Trinajstić information content (AvgIpc) is 2.87. The highest BCUT2D eigenvalue weighted by Gasteiger charge is 2.42. The molecule has 0 bridgehead atoms. The van der Waals surface area contributed by atoms with Gasteiger partial charge in [-0.25, -0.2) is 8.78 Å². The first-order valence-electron chi connectivity index (χ1n) is 7.05. The minimum absolute atomic E-state index is 0.373. The molecule has 1 unspecified atom stereocenters. The van der Waals surface area contributed by atoms with Gasteiger partial charge in [0.15, 0.2) is 11.5 Å². The van der Waals surface area contributed by atoms with Gasteiger partial charge >= 0.3 is 0 Å². The van der Waals surface area contributed by atoms with E-state index in [-0.39, 0.29) is 0 Å². The molecule has 0 aromatic heterocycles. The van der Waals surface area contributed by atoms with Gasteiger partial charge in [-0.2, -0.15) is 0 Å². The summed E-state index contributed by atoms with van der Waals surface area (Å²) in [5.41, 5.74) is 0.961. The summed E-state index contributed by atoms with van der Waals surface area (Å²) in [5.74, 6) is -1.94. The number of rotatable bonds is 6. The van der Waals surface area contributed by atoms with Crippen LogP contribution in [0.4, 0.5) is 8.78 Å². The van der Waals surface area contributed by atoms with Gasteiger partial charge in [-0.3, -0.25) is 10.1 Å². The first-order chi connectivity index (χ1) is 10.4. The van der Waals surface area contributed by atoms with Gasteiger partial charge in [0.25, 0.3) is 5.92 Å². The van der Waals surface area contributed by atoms with Crippen molar-refractivity contribution in [3.63, 3.8) is 0 Å². The van der Waals surface area contributed by atoms with E-state index < -0.39 is 30.8 Å². The Morgan fingerprint density at radius 1 is 1.36 bits per heavy atom. The molecule has 1 atom stereocenters. The first kappa shape index (κ1) is 16.5. The molecule has 1 heterocycles. The maximum atomic E-state index is 13.0. The average molecular weight is 314 g/mol. The van der Waals surface area contributed by atoms with Gasteiger partial charge in [-0.05, 0) is 24.1 Å². The summed E-state index contributed by atoms with van der Waals surface area (Å²) in [6.07, 6.45) is 0.129. The van der Waals surface area contributed by atoms with Crippen molar-refractivity contribution in [1.82, 2.24) is 10.6 Å². The zero-order valence-electron chi connectivity index (χ0n) is 12.6. The van der Waals surface area contributed by atoms with Crippen LogP contribution in [0.25, 0.3) is 0 Å². The maximum Gasteiger partial charge on any atom is 0.262 e. The lowest BCUT2D eigenvalue weighted by Crippen LogP contribution is -2.41. The van der Waals surface area contributed by atoms with Crippen LogP contribution in [-0.4, -0.2) is 45.2 Å². The van der Waals surface area contributed by atoms with E-state index in [2.05, 4.69) is 10.6 Å².